The Morgan fingerprint density at radius 2 is 2.32 bits per heavy atom. The normalized spacial score (nSPS) is 12.1. The van der Waals surface area contributed by atoms with E-state index in [1.54, 1.807) is 11.8 Å². The van der Waals surface area contributed by atoms with E-state index in [2.05, 4.69) is 41.3 Å². The van der Waals surface area contributed by atoms with Crippen molar-refractivity contribution < 1.29 is 4.52 Å². The molecule has 0 fully saturated rings. The molecule has 5 heteroatoms. The van der Waals surface area contributed by atoms with Gasteiger partial charge in [-0.05, 0) is 26.0 Å². The maximum absolute atomic E-state index is 8.74. The number of rotatable bonds is 5. The minimum absolute atomic E-state index is 0.0993. The Labute approximate surface area is 116 Å². The number of aromatic nitrogens is 2. The maximum atomic E-state index is 8.74. The number of benzene rings is 1. The number of nitrogens with zero attached hydrogens (tertiary/aromatic N) is 3. The minimum atomic E-state index is -0.0993. The first-order chi connectivity index (χ1) is 9.17. The van der Waals surface area contributed by atoms with Crippen molar-refractivity contribution in [1.29, 1.82) is 5.26 Å². The second-order valence-corrected chi connectivity index (χ2v) is 5.49. The molecule has 0 bridgehead atoms. The minimum Gasteiger partial charge on any atom is -0.339 e. The van der Waals surface area contributed by atoms with E-state index in [0.29, 0.717) is 23.9 Å². The first-order valence-electron chi connectivity index (χ1n) is 6.08. The van der Waals surface area contributed by atoms with Gasteiger partial charge in [0.15, 0.2) is 5.82 Å². The van der Waals surface area contributed by atoms with Gasteiger partial charge in [0.05, 0.1) is 17.7 Å². The number of hydrogen-bond donors (Lipinski definition) is 0. The van der Waals surface area contributed by atoms with Gasteiger partial charge in [-0.2, -0.15) is 10.2 Å². The Bertz CT molecular complexity index is 588. The summed E-state index contributed by atoms with van der Waals surface area (Å²) in [4.78, 5) is 5.48. The number of aryl methyl sites for hydroxylation is 1. The molecule has 1 atom stereocenters. The summed E-state index contributed by atoms with van der Waals surface area (Å²) in [5.41, 5.74) is 1.24. The van der Waals surface area contributed by atoms with E-state index in [0.717, 1.165) is 0 Å². The summed E-state index contributed by atoms with van der Waals surface area (Å²) in [6.45, 7) is 3.91. The van der Waals surface area contributed by atoms with Crippen molar-refractivity contribution in [3.8, 4) is 6.07 Å². The molecule has 0 amide bonds. The summed E-state index contributed by atoms with van der Waals surface area (Å²) in [6, 6.07) is 10.5. The second-order valence-electron chi connectivity index (χ2n) is 4.44. The summed E-state index contributed by atoms with van der Waals surface area (Å²) in [6.07, 6.45) is 0.513. The van der Waals surface area contributed by atoms with Crippen molar-refractivity contribution >= 4 is 11.8 Å². The van der Waals surface area contributed by atoms with Gasteiger partial charge in [-0.1, -0.05) is 22.9 Å². The van der Waals surface area contributed by atoms with Gasteiger partial charge >= 0.3 is 0 Å². The van der Waals surface area contributed by atoms with Crippen molar-refractivity contribution in [2.45, 2.75) is 30.9 Å². The molecule has 1 unspecified atom stereocenters. The highest BCUT2D eigenvalue weighted by molar-refractivity contribution is 7.98. The third-order valence-corrected chi connectivity index (χ3v) is 3.56. The van der Waals surface area contributed by atoms with Gasteiger partial charge in [0.25, 0.3) is 0 Å². The van der Waals surface area contributed by atoms with Crippen molar-refractivity contribution in [2.24, 2.45) is 5.92 Å². The summed E-state index contributed by atoms with van der Waals surface area (Å²) >= 11 is 1.68. The summed E-state index contributed by atoms with van der Waals surface area (Å²) in [5.74, 6) is 1.78. The van der Waals surface area contributed by atoms with E-state index in [4.69, 9.17) is 9.78 Å². The zero-order valence-corrected chi connectivity index (χ0v) is 11.8. The fourth-order valence-electron chi connectivity index (χ4n) is 1.59. The van der Waals surface area contributed by atoms with Crippen LogP contribution in [0.3, 0.4) is 0 Å². The lowest BCUT2D eigenvalue weighted by Crippen LogP contribution is -1.96. The van der Waals surface area contributed by atoms with E-state index in [1.165, 1.54) is 10.5 Å². The molecule has 0 saturated carbocycles. The van der Waals surface area contributed by atoms with Gasteiger partial charge in [0.1, 0.15) is 0 Å². The average Bonchev–Trinajstić information content (AvgIpc) is 2.84. The molecule has 0 aliphatic carbocycles. The van der Waals surface area contributed by atoms with Crippen LogP contribution in [0.1, 0.15) is 24.2 Å². The third kappa shape index (κ3) is 4.11. The standard InChI is InChI=1S/C14H15N3OS/c1-10-4-3-5-12(6-10)19-9-13-16-14(18-17-13)7-11(2)8-15/h3-6,11H,7,9H2,1-2H3. The zero-order chi connectivity index (χ0) is 13.7. The van der Waals surface area contributed by atoms with Gasteiger partial charge in [-0.3, -0.25) is 0 Å². The highest BCUT2D eigenvalue weighted by Gasteiger charge is 2.10. The van der Waals surface area contributed by atoms with E-state index in [1.807, 2.05) is 13.0 Å². The Balaban J connectivity index is 1.92. The Hall–Kier alpha value is -1.80. The smallest absolute Gasteiger partial charge is 0.227 e. The molecule has 1 heterocycles. The van der Waals surface area contributed by atoms with Crippen LogP contribution in [0.2, 0.25) is 0 Å². The molecule has 2 rings (SSSR count). The van der Waals surface area contributed by atoms with E-state index >= 15 is 0 Å². The maximum Gasteiger partial charge on any atom is 0.227 e. The number of nitriles is 1. The quantitative estimate of drug-likeness (QED) is 0.781. The first-order valence-corrected chi connectivity index (χ1v) is 7.06. The Morgan fingerprint density at radius 3 is 3.05 bits per heavy atom. The molecule has 19 heavy (non-hydrogen) atoms. The van der Waals surface area contributed by atoms with E-state index in [9.17, 15) is 0 Å². The van der Waals surface area contributed by atoms with E-state index < -0.39 is 0 Å². The summed E-state index contributed by atoms with van der Waals surface area (Å²) < 4.78 is 5.12. The van der Waals surface area contributed by atoms with Gasteiger partial charge in [0, 0.05) is 11.3 Å². The Kier molecular flexibility index (Phi) is 4.58. The lowest BCUT2D eigenvalue weighted by Gasteiger charge is -1.99. The molecule has 0 aliphatic rings. The average molecular weight is 273 g/mol. The SMILES string of the molecule is Cc1cccc(SCc2noc(CC(C)C#N)n2)c1. The van der Waals surface area contributed by atoms with Crippen LogP contribution in [0.5, 0.6) is 0 Å². The number of hydrogen-bond acceptors (Lipinski definition) is 5. The van der Waals surface area contributed by atoms with Crippen LogP contribution >= 0.6 is 11.8 Å². The lowest BCUT2D eigenvalue weighted by atomic mass is 10.1. The highest BCUT2D eigenvalue weighted by atomic mass is 32.2. The predicted octanol–water partition coefficient (Wildman–Crippen LogP) is 3.37. The molecule has 0 N–H and O–H groups in total. The predicted molar refractivity (Wildman–Crippen MR) is 73.5 cm³/mol. The largest absolute Gasteiger partial charge is 0.339 e. The lowest BCUT2D eigenvalue weighted by molar-refractivity contribution is 0.366. The molecule has 0 aliphatic heterocycles. The molecule has 0 radical (unpaired) electrons. The van der Waals surface area contributed by atoms with Crippen molar-refractivity contribution in [3.63, 3.8) is 0 Å². The molecule has 2 aromatic rings. The van der Waals surface area contributed by atoms with Crippen LogP contribution in [0.4, 0.5) is 0 Å². The van der Waals surface area contributed by atoms with Crippen LogP contribution in [0.15, 0.2) is 33.7 Å². The third-order valence-electron chi connectivity index (χ3n) is 2.57. The van der Waals surface area contributed by atoms with Crippen molar-refractivity contribution in [3.05, 3.63) is 41.5 Å². The molecule has 98 valence electrons. The van der Waals surface area contributed by atoms with Crippen LogP contribution in [0.25, 0.3) is 0 Å². The molecule has 1 aromatic heterocycles. The molecule has 0 spiro atoms. The highest BCUT2D eigenvalue weighted by Crippen LogP contribution is 2.22. The van der Waals surface area contributed by atoms with Gasteiger partial charge in [-0.15, -0.1) is 11.8 Å². The fraction of sp³-hybridized carbons (Fsp3) is 0.357. The summed E-state index contributed by atoms with van der Waals surface area (Å²) in [7, 11) is 0. The van der Waals surface area contributed by atoms with Crippen molar-refractivity contribution in [1.82, 2.24) is 10.1 Å². The molecule has 4 nitrogen and oxygen atoms in total. The van der Waals surface area contributed by atoms with E-state index in [-0.39, 0.29) is 5.92 Å². The van der Waals surface area contributed by atoms with Crippen LogP contribution in [-0.2, 0) is 12.2 Å². The molecular weight excluding hydrogens is 258 g/mol. The molecule has 0 saturated heterocycles. The monoisotopic (exact) mass is 273 g/mol. The topological polar surface area (TPSA) is 62.7 Å². The number of thioether (sulfide) groups is 1. The fourth-order valence-corrected chi connectivity index (χ4v) is 2.45. The van der Waals surface area contributed by atoms with Gasteiger partial charge in [0.2, 0.25) is 5.89 Å². The van der Waals surface area contributed by atoms with Crippen LogP contribution in [-0.4, -0.2) is 10.1 Å². The molecular formula is C14H15N3OS. The van der Waals surface area contributed by atoms with Gasteiger partial charge < -0.3 is 4.52 Å². The summed E-state index contributed by atoms with van der Waals surface area (Å²) in [5, 5.41) is 12.7. The second kappa shape index (κ2) is 6.39. The van der Waals surface area contributed by atoms with Gasteiger partial charge in [-0.25, -0.2) is 0 Å². The zero-order valence-electron chi connectivity index (χ0n) is 11.0. The van der Waals surface area contributed by atoms with Crippen molar-refractivity contribution in [2.75, 3.05) is 0 Å². The Morgan fingerprint density at radius 1 is 1.47 bits per heavy atom. The first kappa shape index (κ1) is 13.6. The van der Waals surface area contributed by atoms with Crippen LogP contribution < -0.4 is 0 Å². The molecule has 1 aromatic carbocycles. The van der Waals surface area contributed by atoms with Crippen LogP contribution in [0, 0.1) is 24.2 Å².